The van der Waals surface area contributed by atoms with Gasteiger partial charge in [0.1, 0.15) is 0 Å². The van der Waals surface area contributed by atoms with Gasteiger partial charge in [-0.05, 0) is 30.3 Å². The summed E-state index contributed by atoms with van der Waals surface area (Å²) in [5.74, 6) is -2.96. The normalized spacial score (nSPS) is 11.3. The molecule has 0 aliphatic heterocycles. The van der Waals surface area contributed by atoms with Crippen LogP contribution in [0.15, 0.2) is 41.3 Å². The van der Waals surface area contributed by atoms with Gasteiger partial charge in [-0.1, -0.05) is 23.2 Å². The molecule has 1 amide bonds. The lowest BCUT2D eigenvalue weighted by atomic mass is 10.3. The molecule has 0 fully saturated rings. The summed E-state index contributed by atoms with van der Waals surface area (Å²) >= 11 is 11.5. The number of halogens is 4. The van der Waals surface area contributed by atoms with Gasteiger partial charge in [-0.15, -0.1) is 0 Å². The number of rotatable bonds is 5. The molecule has 2 N–H and O–H groups in total. The molecule has 0 bridgehead atoms. The minimum atomic E-state index is -3.99. The first-order valence-electron chi connectivity index (χ1n) is 6.38. The van der Waals surface area contributed by atoms with Gasteiger partial charge in [0.15, 0.2) is 11.6 Å². The summed E-state index contributed by atoms with van der Waals surface area (Å²) in [6, 6.07) is 6.43. The van der Waals surface area contributed by atoms with Crippen LogP contribution in [-0.2, 0) is 14.8 Å². The van der Waals surface area contributed by atoms with E-state index in [1.807, 2.05) is 0 Å². The van der Waals surface area contributed by atoms with E-state index in [1.165, 1.54) is 12.1 Å². The van der Waals surface area contributed by atoms with Crippen molar-refractivity contribution in [3.8, 4) is 0 Å². The molecule has 0 radical (unpaired) electrons. The van der Waals surface area contributed by atoms with Crippen molar-refractivity contribution in [2.24, 2.45) is 0 Å². The number of carbonyl (C=O) groups is 1. The van der Waals surface area contributed by atoms with E-state index in [0.717, 1.165) is 24.3 Å². The zero-order valence-electron chi connectivity index (χ0n) is 11.8. The molecule has 0 spiro atoms. The van der Waals surface area contributed by atoms with Crippen molar-refractivity contribution in [3.05, 3.63) is 58.1 Å². The second-order valence-corrected chi connectivity index (χ2v) is 7.16. The summed E-state index contributed by atoms with van der Waals surface area (Å²) in [4.78, 5) is 11.5. The molecular formula is C14H10Cl2F2N2O3S. The second kappa shape index (κ2) is 7.43. The van der Waals surface area contributed by atoms with Gasteiger partial charge in [-0.3, -0.25) is 4.79 Å². The average molecular weight is 395 g/mol. The van der Waals surface area contributed by atoms with Crippen LogP contribution in [0.25, 0.3) is 0 Å². The third kappa shape index (κ3) is 4.64. The number of amides is 1. The van der Waals surface area contributed by atoms with Crippen molar-refractivity contribution in [2.45, 2.75) is 4.90 Å². The molecule has 0 atom stereocenters. The van der Waals surface area contributed by atoms with E-state index in [2.05, 4.69) is 10.0 Å². The molecule has 2 aromatic carbocycles. The Kier molecular flexibility index (Phi) is 5.76. The van der Waals surface area contributed by atoms with E-state index in [-0.39, 0.29) is 20.6 Å². The summed E-state index contributed by atoms with van der Waals surface area (Å²) in [5, 5.41) is 2.47. The first kappa shape index (κ1) is 18.6. The van der Waals surface area contributed by atoms with Gasteiger partial charge in [0.2, 0.25) is 15.9 Å². The van der Waals surface area contributed by atoms with E-state index < -0.39 is 34.1 Å². The molecule has 5 nitrogen and oxygen atoms in total. The lowest BCUT2D eigenvalue weighted by Crippen LogP contribution is -2.32. The summed E-state index contributed by atoms with van der Waals surface area (Å²) in [7, 11) is -3.99. The van der Waals surface area contributed by atoms with Gasteiger partial charge in [-0.25, -0.2) is 21.9 Å². The number of nitrogens with one attached hydrogen (secondary N) is 2. The number of carbonyl (C=O) groups excluding carboxylic acids is 1. The fourth-order valence-corrected chi connectivity index (χ4v) is 3.04. The summed E-state index contributed by atoms with van der Waals surface area (Å²) in [6.45, 7) is -0.610. The quantitative estimate of drug-likeness (QED) is 0.817. The van der Waals surface area contributed by atoms with Gasteiger partial charge in [-0.2, -0.15) is 0 Å². The molecule has 10 heteroatoms. The molecule has 128 valence electrons. The Morgan fingerprint density at radius 3 is 2.33 bits per heavy atom. The fraction of sp³-hybridized carbons (Fsp3) is 0.0714. The zero-order chi connectivity index (χ0) is 17.9. The maximum atomic E-state index is 13.0. The number of benzene rings is 2. The Hall–Kier alpha value is -1.74. The molecule has 0 saturated carbocycles. The summed E-state index contributed by atoms with van der Waals surface area (Å²) < 4.78 is 52.0. The van der Waals surface area contributed by atoms with Crippen molar-refractivity contribution < 1.29 is 22.0 Å². The first-order valence-corrected chi connectivity index (χ1v) is 8.62. The van der Waals surface area contributed by atoms with Gasteiger partial charge in [0, 0.05) is 11.8 Å². The SMILES string of the molecule is O=C(CNS(=O)(=O)c1ccc(Cl)c(Cl)c1)Nc1ccc(F)c(F)c1. The summed E-state index contributed by atoms with van der Waals surface area (Å²) in [5.41, 5.74) is -0.00682. The Balaban J connectivity index is 2.01. The molecule has 2 aromatic rings. The molecule has 0 aliphatic rings. The second-order valence-electron chi connectivity index (χ2n) is 4.58. The van der Waals surface area contributed by atoms with Gasteiger partial charge in [0.05, 0.1) is 21.5 Å². The maximum absolute atomic E-state index is 13.0. The van der Waals surface area contributed by atoms with Gasteiger partial charge in [0.25, 0.3) is 0 Å². The van der Waals surface area contributed by atoms with E-state index in [4.69, 9.17) is 23.2 Å². The van der Waals surface area contributed by atoms with Crippen LogP contribution in [0.1, 0.15) is 0 Å². The molecule has 0 unspecified atom stereocenters. The van der Waals surface area contributed by atoms with Gasteiger partial charge >= 0.3 is 0 Å². The third-order valence-electron chi connectivity index (χ3n) is 2.83. The lowest BCUT2D eigenvalue weighted by molar-refractivity contribution is -0.115. The topological polar surface area (TPSA) is 75.3 Å². The molecule has 0 aromatic heterocycles. The number of anilines is 1. The fourth-order valence-electron chi connectivity index (χ4n) is 1.67. The van der Waals surface area contributed by atoms with Crippen LogP contribution in [0, 0.1) is 11.6 Å². The van der Waals surface area contributed by atoms with Crippen molar-refractivity contribution in [3.63, 3.8) is 0 Å². The van der Waals surface area contributed by atoms with Crippen molar-refractivity contribution in [1.29, 1.82) is 0 Å². The highest BCUT2D eigenvalue weighted by atomic mass is 35.5. The molecule has 24 heavy (non-hydrogen) atoms. The van der Waals surface area contributed by atoms with E-state index in [9.17, 15) is 22.0 Å². The molecular weight excluding hydrogens is 385 g/mol. The predicted molar refractivity (Wildman–Crippen MR) is 86.6 cm³/mol. The van der Waals surface area contributed by atoms with Crippen molar-refractivity contribution >= 4 is 44.8 Å². The van der Waals surface area contributed by atoms with Crippen LogP contribution in [-0.4, -0.2) is 20.9 Å². The molecule has 0 saturated heterocycles. The number of sulfonamides is 1. The van der Waals surface area contributed by atoms with Crippen LogP contribution in [0.4, 0.5) is 14.5 Å². The van der Waals surface area contributed by atoms with Crippen molar-refractivity contribution in [2.75, 3.05) is 11.9 Å². The minimum absolute atomic E-state index is 0.00682. The molecule has 2 rings (SSSR count). The zero-order valence-corrected chi connectivity index (χ0v) is 14.1. The van der Waals surface area contributed by atoms with Crippen LogP contribution >= 0.6 is 23.2 Å². The Labute approximate surface area is 146 Å². The predicted octanol–water partition coefficient (Wildman–Crippen LogP) is 3.19. The Morgan fingerprint density at radius 1 is 1.00 bits per heavy atom. The van der Waals surface area contributed by atoms with Crippen LogP contribution in [0.2, 0.25) is 10.0 Å². The van der Waals surface area contributed by atoms with Crippen LogP contribution in [0.5, 0.6) is 0 Å². The molecule has 0 heterocycles. The summed E-state index contributed by atoms with van der Waals surface area (Å²) in [6.07, 6.45) is 0. The average Bonchev–Trinajstić information content (AvgIpc) is 2.52. The largest absolute Gasteiger partial charge is 0.325 e. The van der Waals surface area contributed by atoms with Crippen molar-refractivity contribution in [1.82, 2.24) is 4.72 Å². The molecule has 0 aliphatic carbocycles. The maximum Gasteiger partial charge on any atom is 0.241 e. The highest BCUT2D eigenvalue weighted by Gasteiger charge is 2.17. The highest BCUT2D eigenvalue weighted by molar-refractivity contribution is 7.89. The Morgan fingerprint density at radius 2 is 1.71 bits per heavy atom. The highest BCUT2D eigenvalue weighted by Crippen LogP contribution is 2.24. The van der Waals surface area contributed by atoms with E-state index in [0.29, 0.717) is 0 Å². The monoisotopic (exact) mass is 394 g/mol. The standard InChI is InChI=1S/C14H10Cl2F2N2O3S/c15-10-3-2-9(6-11(10)16)24(22,23)19-7-14(21)20-8-1-4-12(17)13(18)5-8/h1-6,19H,7H2,(H,20,21). The van der Waals surface area contributed by atoms with E-state index >= 15 is 0 Å². The van der Waals surface area contributed by atoms with Crippen LogP contribution in [0.3, 0.4) is 0 Å². The lowest BCUT2D eigenvalue weighted by Gasteiger charge is -2.09. The number of hydrogen-bond acceptors (Lipinski definition) is 3. The third-order valence-corrected chi connectivity index (χ3v) is 4.97. The number of hydrogen-bond donors (Lipinski definition) is 2. The smallest absolute Gasteiger partial charge is 0.241 e. The first-order chi connectivity index (χ1) is 11.2. The van der Waals surface area contributed by atoms with Gasteiger partial charge < -0.3 is 5.32 Å². The van der Waals surface area contributed by atoms with E-state index in [1.54, 1.807) is 0 Å². The Bertz CT molecular complexity index is 892. The van der Waals surface area contributed by atoms with Crippen LogP contribution < -0.4 is 10.0 Å². The minimum Gasteiger partial charge on any atom is -0.325 e.